The molecule has 3 amide bonds. The Hall–Kier alpha value is -1.71. The quantitative estimate of drug-likeness (QED) is 0.409. The van der Waals surface area contributed by atoms with E-state index >= 15 is 0 Å². The van der Waals surface area contributed by atoms with Gasteiger partial charge in [-0.2, -0.15) is 0 Å². The smallest absolute Gasteiger partial charge is 0.329 e. The first-order chi connectivity index (χ1) is 9.43. The van der Waals surface area contributed by atoms with Gasteiger partial charge < -0.3 is 5.32 Å². The van der Waals surface area contributed by atoms with Gasteiger partial charge in [-0.3, -0.25) is 20.4 Å². The van der Waals surface area contributed by atoms with Crippen LogP contribution in [0.4, 0.5) is 14.9 Å². The van der Waals surface area contributed by atoms with E-state index in [9.17, 15) is 14.0 Å². The van der Waals surface area contributed by atoms with Crippen LogP contribution in [0.2, 0.25) is 0 Å². The number of nitrogens with zero attached hydrogens (tertiary/aromatic N) is 1. The van der Waals surface area contributed by atoms with Gasteiger partial charge in [-0.05, 0) is 34.7 Å². The van der Waals surface area contributed by atoms with Crippen LogP contribution in [0.15, 0.2) is 12.1 Å². The Morgan fingerprint density at radius 1 is 1.50 bits per heavy atom. The van der Waals surface area contributed by atoms with Crippen LogP contribution >= 0.6 is 22.6 Å². The Balaban J connectivity index is 2.36. The van der Waals surface area contributed by atoms with Crippen LogP contribution in [0.5, 0.6) is 0 Å². The molecule has 0 aromatic heterocycles. The van der Waals surface area contributed by atoms with E-state index in [1.54, 1.807) is 13.1 Å². The summed E-state index contributed by atoms with van der Waals surface area (Å²) in [6.07, 6.45) is 0.121. The molecule has 3 N–H and O–H groups in total. The minimum Gasteiger partial charge on any atom is -0.387 e. The van der Waals surface area contributed by atoms with Gasteiger partial charge in [0.1, 0.15) is 11.7 Å². The number of carbonyl (C=O) groups is 2. The molecule has 1 aromatic rings. The molecule has 106 valence electrons. The highest BCUT2D eigenvalue weighted by molar-refractivity contribution is 14.1. The number of amidine groups is 1. The van der Waals surface area contributed by atoms with Crippen LogP contribution in [0, 0.1) is 14.8 Å². The van der Waals surface area contributed by atoms with Gasteiger partial charge in [0.25, 0.3) is 0 Å². The number of benzene rings is 1. The van der Waals surface area contributed by atoms with Crippen LogP contribution in [0.3, 0.4) is 0 Å². The second-order valence-electron chi connectivity index (χ2n) is 4.17. The lowest BCUT2D eigenvalue weighted by atomic mass is 10.1. The molecule has 0 aliphatic carbocycles. The third kappa shape index (κ3) is 2.74. The average Bonchev–Trinajstić information content (AvgIpc) is 2.40. The number of nitrogens with one attached hydrogen (secondary N) is 3. The second kappa shape index (κ2) is 5.73. The Morgan fingerprint density at radius 2 is 2.20 bits per heavy atom. The van der Waals surface area contributed by atoms with Gasteiger partial charge in [-0.1, -0.05) is 0 Å². The summed E-state index contributed by atoms with van der Waals surface area (Å²) in [5, 5.41) is 13.1. The molecular formula is C12H12FIN4O2. The third-order valence-corrected chi connectivity index (χ3v) is 3.74. The summed E-state index contributed by atoms with van der Waals surface area (Å²) >= 11 is 1.85. The maximum atomic E-state index is 13.7. The maximum absolute atomic E-state index is 13.7. The first kappa shape index (κ1) is 14.7. The number of hydrogen-bond donors (Lipinski definition) is 3. The highest BCUT2D eigenvalue weighted by Gasteiger charge is 2.28. The predicted octanol–water partition coefficient (Wildman–Crippen LogP) is 1.74. The summed E-state index contributed by atoms with van der Waals surface area (Å²) < 4.78 is 14.1. The number of amides is 3. The van der Waals surface area contributed by atoms with Crippen molar-refractivity contribution in [1.82, 2.24) is 10.2 Å². The lowest BCUT2D eigenvalue weighted by molar-refractivity contribution is -0.121. The van der Waals surface area contributed by atoms with Crippen LogP contribution in [-0.2, 0) is 4.79 Å². The first-order valence-corrected chi connectivity index (χ1v) is 6.89. The molecule has 1 aromatic carbocycles. The van der Waals surface area contributed by atoms with E-state index in [1.165, 1.54) is 6.07 Å². The fraction of sp³-hybridized carbons (Fsp3) is 0.250. The Kier molecular flexibility index (Phi) is 4.21. The van der Waals surface area contributed by atoms with E-state index in [2.05, 4.69) is 10.6 Å². The van der Waals surface area contributed by atoms with Gasteiger partial charge in [-0.25, -0.2) is 9.18 Å². The Labute approximate surface area is 128 Å². The summed E-state index contributed by atoms with van der Waals surface area (Å²) in [6.45, 7) is 0.111. The fourth-order valence-corrected chi connectivity index (χ4v) is 2.34. The van der Waals surface area contributed by atoms with E-state index in [0.29, 0.717) is 9.26 Å². The maximum Gasteiger partial charge on any atom is 0.329 e. The lowest BCUT2D eigenvalue weighted by Crippen LogP contribution is -2.52. The number of halogens is 2. The van der Waals surface area contributed by atoms with Crippen LogP contribution in [0.25, 0.3) is 0 Å². The number of urea groups is 1. The molecule has 6 nitrogen and oxygen atoms in total. The standard InChI is InChI=1S/C12H12FIN4O2/c1-16-9-5-8(14)7(13)4-6(9)11(15)18-3-2-10(19)17-12(18)20/h4-5,15-16H,2-3H2,1H3,(H,17,19,20). The number of imide groups is 1. The van der Waals surface area contributed by atoms with Crippen molar-refractivity contribution >= 4 is 46.1 Å². The van der Waals surface area contributed by atoms with Gasteiger partial charge in [0.2, 0.25) is 5.91 Å². The number of hydrogen-bond acceptors (Lipinski definition) is 4. The van der Waals surface area contributed by atoms with Crippen molar-refractivity contribution in [2.75, 3.05) is 18.9 Å². The molecular weight excluding hydrogens is 378 g/mol. The molecule has 1 aliphatic rings. The van der Waals surface area contributed by atoms with Crippen molar-refractivity contribution in [2.45, 2.75) is 6.42 Å². The number of carbonyl (C=O) groups excluding carboxylic acids is 2. The third-order valence-electron chi connectivity index (χ3n) is 2.91. The van der Waals surface area contributed by atoms with E-state index in [0.717, 1.165) is 4.90 Å². The van der Waals surface area contributed by atoms with Crippen molar-refractivity contribution in [3.05, 3.63) is 27.1 Å². The molecule has 8 heteroatoms. The largest absolute Gasteiger partial charge is 0.387 e. The van der Waals surface area contributed by atoms with Crippen LogP contribution in [0.1, 0.15) is 12.0 Å². The van der Waals surface area contributed by atoms with Gasteiger partial charge in [0.15, 0.2) is 0 Å². The molecule has 0 spiro atoms. The fourth-order valence-electron chi connectivity index (χ4n) is 1.87. The second-order valence-corrected chi connectivity index (χ2v) is 5.33. The van der Waals surface area contributed by atoms with E-state index in [1.807, 2.05) is 22.6 Å². The zero-order valence-electron chi connectivity index (χ0n) is 10.6. The van der Waals surface area contributed by atoms with Gasteiger partial charge in [0, 0.05) is 31.3 Å². The minimum atomic E-state index is -0.660. The average molecular weight is 390 g/mol. The Morgan fingerprint density at radius 3 is 2.80 bits per heavy atom. The van der Waals surface area contributed by atoms with Crippen LogP contribution < -0.4 is 10.6 Å². The molecule has 0 unspecified atom stereocenters. The van der Waals surface area contributed by atoms with Gasteiger partial charge >= 0.3 is 6.03 Å². The number of rotatable bonds is 2. The van der Waals surface area contributed by atoms with Crippen LogP contribution in [-0.4, -0.2) is 36.3 Å². The van der Waals surface area contributed by atoms with Gasteiger partial charge in [-0.15, -0.1) is 0 Å². The van der Waals surface area contributed by atoms with Crippen molar-refractivity contribution < 1.29 is 14.0 Å². The molecule has 1 aliphatic heterocycles. The summed E-state index contributed by atoms with van der Waals surface area (Å²) in [5.41, 5.74) is 0.820. The van der Waals surface area contributed by atoms with Crippen molar-refractivity contribution in [3.8, 4) is 0 Å². The molecule has 2 rings (SSSR count). The van der Waals surface area contributed by atoms with E-state index in [4.69, 9.17) is 5.41 Å². The summed E-state index contributed by atoms with van der Waals surface area (Å²) in [5.74, 6) is -0.978. The summed E-state index contributed by atoms with van der Waals surface area (Å²) in [7, 11) is 1.65. The summed E-state index contributed by atoms with van der Waals surface area (Å²) in [4.78, 5) is 23.9. The zero-order chi connectivity index (χ0) is 14.9. The molecule has 1 fully saturated rings. The highest BCUT2D eigenvalue weighted by atomic mass is 127. The monoisotopic (exact) mass is 390 g/mol. The molecule has 0 saturated carbocycles. The molecule has 1 heterocycles. The lowest BCUT2D eigenvalue weighted by Gasteiger charge is -2.27. The molecule has 0 bridgehead atoms. The topological polar surface area (TPSA) is 85.3 Å². The number of anilines is 1. The van der Waals surface area contributed by atoms with E-state index in [-0.39, 0.29) is 30.3 Å². The van der Waals surface area contributed by atoms with Crippen molar-refractivity contribution in [1.29, 1.82) is 5.41 Å². The zero-order valence-corrected chi connectivity index (χ0v) is 12.7. The minimum absolute atomic E-state index is 0.111. The summed E-state index contributed by atoms with van der Waals surface area (Å²) in [6, 6.07) is 2.11. The normalized spacial score (nSPS) is 15.1. The molecule has 0 atom stereocenters. The molecule has 0 radical (unpaired) electrons. The Bertz CT molecular complexity index is 605. The SMILES string of the molecule is CNc1cc(I)c(F)cc1C(=N)N1CCC(=O)NC1=O. The van der Waals surface area contributed by atoms with E-state index < -0.39 is 11.8 Å². The van der Waals surface area contributed by atoms with Gasteiger partial charge in [0.05, 0.1) is 3.57 Å². The predicted molar refractivity (Wildman–Crippen MR) is 80.4 cm³/mol. The molecule has 1 saturated heterocycles. The van der Waals surface area contributed by atoms with Crippen molar-refractivity contribution in [2.24, 2.45) is 0 Å². The van der Waals surface area contributed by atoms with Crippen molar-refractivity contribution in [3.63, 3.8) is 0 Å². The highest BCUT2D eigenvalue weighted by Crippen LogP contribution is 2.24. The molecule has 20 heavy (non-hydrogen) atoms. The first-order valence-electron chi connectivity index (χ1n) is 5.81.